The van der Waals surface area contributed by atoms with E-state index in [4.69, 9.17) is 0 Å². The average molecular weight is 543 g/mol. The van der Waals surface area contributed by atoms with Crippen LogP contribution in [0.25, 0.3) is 0 Å². The van der Waals surface area contributed by atoms with Crippen LogP contribution in [0.2, 0.25) is 0 Å². The van der Waals surface area contributed by atoms with Crippen LogP contribution in [0.15, 0.2) is 0 Å². The van der Waals surface area contributed by atoms with E-state index >= 15 is 0 Å². The number of amides is 2. The van der Waals surface area contributed by atoms with Gasteiger partial charge in [0.1, 0.15) is 5.78 Å². The second kappa shape index (κ2) is 12.0. The van der Waals surface area contributed by atoms with Crippen LogP contribution in [0, 0.1) is 52.3 Å². The number of hydrogen-bond donors (Lipinski definition) is 3. The van der Waals surface area contributed by atoms with E-state index in [1.165, 1.54) is 51.4 Å². The van der Waals surface area contributed by atoms with Gasteiger partial charge in [-0.2, -0.15) is 0 Å². The van der Waals surface area contributed by atoms with Crippen LogP contribution in [0.5, 0.6) is 0 Å². The second-order valence-corrected chi connectivity index (χ2v) is 15.5. The van der Waals surface area contributed by atoms with Crippen LogP contribution >= 0.6 is 0 Å². The zero-order valence-electron chi connectivity index (χ0n) is 25.5. The summed E-state index contributed by atoms with van der Waals surface area (Å²) >= 11 is 0. The van der Waals surface area contributed by atoms with Gasteiger partial charge < -0.3 is 15.7 Å². The summed E-state index contributed by atoms with van der Waals surface area (Å²) < 4.78 is 0. The minimum atomic E-state index is 0.0630. The fourth-order valence-corrected chi connectivity index (χ4v) is 10.9. The van der Waals surface area contributed by atoms with E-state index in [0.717, 1.165) is 57.3 Å². The van der Waals surface area contributed by atoms with Gasteiger partial charge in [-0.05, 0) is 117 Å². The maximum absolute atomic E-state index is 13.6. The SMILES string of the molecule is C[C@H](CO)CCC[C@@H](C)[C@H]1C(=O)C[C@H]2[C@@H]3CC[C@@H]4C[C@H](NC(=O)NC5CCCCC5)CC[C@]4(C)[C@H]3CC[C@]12C. The van der Waals surface area contributed by atoms with E-state index in [1.54, 1.807) is 0 Å². The van der Waals surface area contributed by atoms with Gasteiger partial charge in [-0.15, -0.1) is 0 Å². The largest absolute Gasteiger partial charge is 0.396 e. The molecule has 5 fully saturated rings. The molecule has 0 aliphatic heterocycles. The fraction of sp³-hybridized carbons (Fsp3) is 0.941. The molecule has 3 N–H and O–H groups in total. The summed E-state index contributed by atoms with van der Waals surface area (Å²) in [6, 6.07) is 0.737. The molecule has 0 heterocycles. The highest BCUT2D eigenvalue weighted by molar-refractivity contribution is 5.85. The number of hydrogen-bond acceptors (Lipinski definition) is 3. The van der Waals surface area contributed by atoms with Crippen LogP contribution in [-0.4, -0.2) is 35.6 Å². The van der Waals surface area contributed by atoms with Crippen molar-refractivity contribution in [2.75, 3.05) is 6.61 Å². The van der Waals surface area contributed by atoms with Crippen LogP contribution in [-0.2, 0) is 4.79 Å². The van der Waals surface area contributed by atoms with E-state index in [9.17, 15) is 14.7 Å². The van der Waals surface area contributed by atoms with Crippen LogP contribution < -0.4 is 10.6 Å². The lowest BCUT2D eigenvalue weighted by Crippen LogP contribution is -2.56. The Morgan fingerprint density at radius 2 is 1.62 bits per heavy atom. The summed E-state index contributed by atoms with van der Waals surface area (Å²) in [5.74, 6) is 4.26. The molecule has 0 bridgehead atoms. The van der Waals surface area contributed by atoms with Crippen LogP contribution in [0.4, 0.5) is 4.79 Å². The summed E-state index contributed by atoms with van der Waals surface area (Å²) in [6.45, 7) is 9.79. The Kier molecular flexibility index (Phi) is 9.06. The third-order valence-corrected chi connectivity index (χ3v) is 13.1. The highest BCUT2D eigenvalue weighted by Crippen LogP contribution is 2.67. The third kappa shape index (κ3) is 5.82. The van der Waals surface area contributed by atoms with Crippen molar-refractivity contribution in [3.8, 4) is 0 Å². The minimum absolute atomic E-state index is 0.0630. The molecule has 5 saturated carbocycles. The summed E-state index contributed by atoms with van der Waals surface area (Å²) in [5, 5.41) is 16.0. The van der Waals surface area contributed by atoms with Crippen molar-refractivity contribution in [3.63, 3.8) is 0 Å². The number of urea groups is 1. The molecule has 10 atom stereocenters. The molecular weight excluding hydrogens is 484 g/mol. The number of rotatable bonds is 8. The van der Waals surface area contributed by atoms with Crippen molar-refractivity contribution in [1.29, 1.82) is 0 Å². The van der Waals surface area contributed by atoms with Crippen molar-refractivity contribution >= 4 is 11.8 Å². The van der Waals surface area contributed by atoms with E-state index in [0.29, 0.717) is 52.9 Å². The molecule has 0 unspecified atom stereocenters. The van der Waals surface area contributed by atoms with Gasteiger partial charge in [0, 0.05) is 31.0 Å². The zero-order chi connectivity index (χ0) is 27.8. The maximum atomic E-state index is 13.6. The number of nitrogens with one attached hydrogen (secondary N) is 2. The highest BCUT2D eigenvalue weighted by atomic mass is 16.3. The highest BCUT2D eigenvalue weighted by Gasteiger charge is 2.62. The predicted molar refractivity (Wildman–Crippen MR) is 157 cm³/mol. The lowest BCUT2D eigenvalue weighted by Gasteiger charge is -2.61. The molecule has 0 aromatic heterocycles. The first-order chi connectivity index (χ1) is 18.7. The van der Waals surface area contributed by atoms with Crippen molar-refractivity contribution < 1.29 is 14.7 Å². The predicted octanol–water partition coefficient (Wildman–Crippen LogP) is 7.26. The molecule has 5 rings (SSSR count). The van der Waals surface area contributed by atoms with Crippen LogP contribution in [0.1, 0.15) is 130 Å². The molecule has 0 radical (unpaired) electrons. The van der Waals surface area contributed by atoms with E-state index in [-0.39, 0.29) is 24.0 Å². The quantitative estimate of drug-likeness (QED) is 0.302. The van der Waals surface area contributed by atoms with Crippen molar-refractivity contribution in [2.45, 2.75) is 143 Å². The third-order valence-electron chi connectivity index (χ3n) is 13.1. The van der Waals surface area contributed by atoms with Crippen molar-refractivity contribution in [3.05, 3.63) is 0 Å². The normalized spacial score (nSPS) is 42.1. The topological polar surface area (TPSA) is 78.4 Å². The standard InChI is InChI=1S/C34H58N2O3/c1-22(21-37)9-8-10-23(2)31-30(38)20-29-27-14-13-24-19-26(36-32(39)35-25-11-6-5-7-12-25)15-17-33(24,3)28(27)16-18-34(29,31)4/h22-29,31,37H,5-21H2,1-4H3,(H2,35,36,39)/t22-,23+,24+,26+,27+,28-,29-,31-,33-,34-/m0/s1. The van der Waals surface area contributed by atoms with Gasteiger partial charge in [0.2, 0.25) is 0 Å². The first-order valence-corrected chi connectivity index (χ1v) is 16.9. The monoisotopic (exact) mass is 542 g/mol. The number of fused-ring (bicyclic) bond motifs is 5. The summed E-state index contributed by atoms with van der Waals surface area (Å²) in [5.41, 5.74) is 0.523. The molecule has 222 valence electrons. The Morgan fingerprint density at radius 1 is 0.897 bits per heavy atom. The number of aliphatic hydroxyl groups excluding tert-OH is 1. The molecule has 0 aromatic carbocycles. The number of aliphatic hydroxyl groups is 1. The van der Waals surface area contributed by atoms with Gasteiger partial charge in [0.25, 0.3) is 0 Å². The molecule has 5 aliphatic carbocycles. The molecule has 5 nitrogen and oxygen atoms in total. The molecule has 39 heavy (non-hydrogen) atoms. The summed E-state index contributed by atoms with van der Waals surface area (Å²) in [7, 11) is 0. The lowest BCUT2D eigenvalue weighted by molar-refractivity contribution is -0.127. The number of Topliss-reactive ketones (excluding diaryl/α,β-unsaturated/α-hetero) is 1. The molecule has 0 spiro atoms. The Morgan fingerprint density at radius 3 is 2.36 bits per heavy atom. The van der Waals surface area contributed by atoms with Gasteiger partial charge in [0.15, 0.2) is 0 Å². The molecule has 0 saturated heterocycles. The number of carbonyl (C=O) groups is 2. The first kappa shape index (κ1) is 29.4. The number of carbonyl (C=O) groups excluding carboxylic acids is 2. The zero-order valence-corrected chi connectivity index (χ0v) is 25.5. The van der Waals surface area contributed by atoms with E-state index in [2.05, 4.69) is 38.3 Å². The second-order valence-electron chi connectivity index (χ2n) is 15.5. The fourth-order valence-electron chi connectivity index (χ4n) is 10.9. The lowest BCUT2D eigenvalue weighted by atomic mass is 9.44. The maximum Gasteiger partial charge on any atom is 0.315 e. The molecular formula is C34H58N2O3. The molecule has 5 heteroatoms. The van der Waals surface area contributed by atoms with Crippen molar-refractivity contribution in [1.82, 2.24) is 10.6 Å². The number of ketones is 1. The van der Waals surface area contributed by atoms with Gasteiger partial charge >= 0.3 is 6.03 Å². The smallest absolute Gasteiger partial charge is 0.315 e. The Balaban J connectivity index is 1.19. The minimum Gasteiger partial charge on any atom is -0.396 e. The average Bonchev–Trinajstić information content (AvgIpc) is 3.19. The van der Waals surface area contributed by atoms with Gasteiger partial charge in [-0.3, -0.25) is 4.79 Å². The summed E-state index contributed by atoms with van der Waals surface area (Å²) in [4.78, 5) is 26.4. The molecule has 2 amide bonds. The van der Waals surface area contributed by atoms with E-state index < -0.39 is 0 Å². The Bertz CT molecular complexity index is 871. The van der Waals surface area contributed by atoms with Gasteiger partial charge in [-0.25, -0.2) is 4.79 Å². The van der Waals surface area contributed by atoms with Gasteiger partial charge in [0.05, 0.1) is 0 Å². The van der Waals surface area contributed by atoms with Crippen LogP contribution in [0.3, 0.4) is 0 Å². The first-order valence-electron chi connectivity index (χ1n) is 16.9. The van der Waals surface area contributed by atoms with E-state index in [1.807, 2.05) is 0 Å². The molecule has 0 aromatic rings. The summed E-state index contributed by atoms with van der Waals surface area (Å²) in [6.07, 6.45) is 18.6. The molecule has 5 aliphatic rings. The van der Waals surface area contributed by atoms with Gasteiger partial charge in [-0.1, -0.05) is 53.4 Å². The Labute approximate surface area is 238 Å². The van der Waals surface area contributed by atoms with Crippen molar-refractivity contribution in [2.24, 2.45) is 52.3 Å². The Hall–Kier alpha value is -1.10.